The minimum atomic E-state index is -0.236. The summed E-state index contributed by atoms with van der Waals surface area (Å²) in [5.41, 5.74) is 1.86. The Morgan fingerprint density at radius 2 is 2.09 bits per heavy atom. The third kappa shape index (κ3) is 2.47. The normalized spacial score (nSPS) is 13.6. The van der Waals surface area contributed by atoms with Gasteiger partial charge in [0.25, 0.3) is 5.91 Å². The number of aromatic nitrogens is 2. The minimum absolute atomic E-state index is 0.128. The maximum absolute atomic E-state index is 12.7. The monoisotopic (exact) mass is 298 g/mol. The van der Waals surface area contributed by atoms with Gasteiger partial charge in [-0.25, -0.2) is 9.97 Å². The second-order valence-electron chi connectivity index (χ2n) is 5.50. The molecule has 0 atom stereocenters. The molecule has 2 aromatic rings. The summed E-state index contributed by atoms with van der Waals surface area (Å²) in [5, 5.41) is 10.1. The fourth-order valence-electron chi connectivity index (χ4n) is 2.63. The zero-order valence-corrected chi connectivity index (χ0v) is 12.7. The van der Waals surface area contributed by atoms with Gasteiger partial charge in [0.05, 0.1) is 18.1 Å². The molecule has 0 aliphatic carbocycles. The first-order chi connectivity index (χ1) is 10.6. The number of nitrogens with zero attached hydrogens (tertiary/aromatic N) is 4. The number of para-hydroxylation sites is 1. The van der Waals surface area contributed by atoms with Crippen molar-refractivity contribution in [3.05, 3.63) is 41.9 Å². The van der Waals surface area contributed by atoms with Crippen LogP contribution in [0.3, 0.4) is 0 Å². The lowest BCUT2D eigenvalue weighted by Gasteiger charge is -2.29. The van der Waals surface area contributed by atoms with E-state index in [0.29, 0.717) is 18.1 Å². The number of amides is 1. The van der Waals surface area contributed by atoms with E-state index in [9.17, 15) is 9.90 Å². The van der Waals surface area contributed by atoms with Gasteiger partial charge in [0.2, 0.25) is 0 Å². The molecule has 0 saturated carbocycles. The number of hydrogen-bond acceptors (Lipinski definition) is 5. The molecule has 3 rings (SSSR count). The second-order valence-corrected chi connectivity index (χ2v) is 5.50. The highest BCUT2D eigenvalue weighted by atomic mass is 16.3. The Labute approximate surface area is 129 Å². The SMILES string of the molecule is CN(C)c1cnc(C(=O)N2CCCc3cccc(O)c32)cn1. The molecule has 0 bridgehead atoms. The third-order valence-electron chi connectivity index (χ3n) is 3.76. The zero-order chi connectivity index (χ0) is 15.7. The van der Waals surface area contributed by atoms with Gasteiger partial charge in [0.15, 0.2) is 0 Å². The third-order valence-corrected chi connectivity index (χ3v) is 3.76. The summed E-state index contributed by atoms with van der Waals surface area (Å²) >= 11 is 0. The lowest BCUT2D eigenvalue weighted by molar-refractivity contribution is 0.0979. The van der Waals surface area contributed by atoms with Crippen LogP contribution in [-0.2, 0) is 6.42 Å². The van der Waals surface area contributed by atoms with Crippen LogP contribution in [0.5, 0.6) is 5.75 Å². The highest BCUT2D eigenvalue weighted by Gasteiger charge is 2.27. The lowest BCUT2D eigenvalue weighted by Crippen LogP contribution is -2.36. The van der Waals surface area contributed by atoms with E-state index in [0.717, 1.165) is 18.4 Å². The van der Waals surface area contributed by atoms with Crippen molar-refractivity contribution >= 4 is 17.4 Å². The Hall–Kier alpha value is -2.63. The van der Waals surface area contributed by atoms with Crippen LogP contribution < -0.4 is 9.80 Å². The van der Waals surface area contributed by atoms with Crippen LogP contribution >= 0.6 is 0 Å². The first kappa shape index (κ1) is 14.3. The van der Waals surface area contributed by atoms with Crippen molar-refractivity contribution in [2.75, 3.05) is 30.4 Å². The van der Waals surface area contributed by atoms with Gasteiger partial charge in [-0.2, -0.15) is 0 Å². The van der Waals surface area contributed by atoms with Gasteiger partial charge in [-0.1, -0.05) is 12.1 Å². The van der Waals surface area contributed by atoms with Crippen LogP contribution in [0.1, 0.15) is 22.5 Å². The molecule has 0 spiro atoms. The molecule has 114 valence electrons. The molecule has 0 unspecified atom stereocenters. The molecular formula is C16H18N4O2. The fraction of sp³-hybridized carbons (Fsp3) is 0.312. The molecule has 1 aliphatic heterocycles. The molecule has 6 heteroatoms. The van der Waals surface area contributed by atoms with Crippen molar-refractivity contribution in [3.63, 3.8) is 0 Å². The Morgan fingerprint density at radius 3 is 2.77 bits per heavy atom. The molecule has 22 heavy (non-hydrogen) atoms. The molecule has 1 aliphatic rings. The van der Waals surface area contributed by atoms with Crippen molar-refractivity contribution in [1.82, 2.24) is 9.97 Å². The Bertz CT molecular complexity index is 698. The number of rotatable bonds is 2. The minimum Gasteiger partial charge on any atom is -0.506 e. The summed E-state index contributed by atoms with van der Waals surface area (Å²) in [6.07, 6.45) is 4.78. The number of phenols is 1. The summed E-state index contributed by atoms with van der Waals surface area (Å²) in [4.78, 5) is 24.5. The molecule has 2 heterocycles. The van der Waals surface area contributed by atoms with Crippen molar-refractivity contribution in [1.29, 1.82) is 0 Å². The number of carbonyl (C=O) groups is 1. The van der Waals surface area contributed by atoms with E-state index < -0.39 is 0 Å². The average Bonchev–Trinajstić information content (AvgIpc) is 2.54. The van der Waals surface area contributed by atoms with Crippen molar-refractivity contribution in [3.8, 4) is 5.75 Å². The molecule has 1 aromatic carbocycles. The lowest BCUT2D eigenvalue weighted by atomic mass is 10.0. The second kappa shape index (κ2) is 5.63. The number of aryl methyl sites for hydroxylation is 1. The zero-order valence-electron chi connectivity index (χ0n) is 12.7. The van der Waals surface area contributed by atoms with E-state index in [1.165, 1.54) is 6.20 Å². The fourth-order valence-corrected chi connectivity index (χ4v) is 2.63. The first-order valence-corrected chi connectivity index (χ1v) is 7.20. The smallest absolute Gasteiger partial charge is 0.278 e. The summed E-state index contributed by atoms with van der Waals surface area (Å²) in [5.74, 6) is 0.585. The van der Waals surface area contributed by atoms with E-state index in [-0.39, 0.29) is 17.4 Å². The van der Waals surface area contributed by atoms with E-state index in [4.69, 9.17) is 0 Å². The van der Waals surface area contributed by atoms with Crippen molar-refractivity contribution < 1.29 is 9.90 Å². The van der Waals surface area contributed by atoms with Gasteiger partial charge in [0, 0.05) is 20.6 Å². The highest BCUT2D eigenvalue weighted by Crippen LogP contribution is 2.35. The summed E-state index contributed by atoms with van der Waals surface area (Å²) < 4.78 is 0. The van der Waals surface area contributed by atoms with Crippen LogP contribution in [0.4, 0.5) is 11.5 Å². The predicted molar refractivity (Wildman–Crippen MR) is 84.5 cm³/mol. The van der Waals surface area contributed by atoms with Crippen LogP contribution in [-0.4, -0.2) is 41.6 Å². The number of carbonyl (C=O) groups excluding carboxylic acids is 1. The molecule has 1 aromatic heterocycles. The van der Waals surface area contributed by atoms with Gasteiger partial charge in [-0.05, 0) is 24.5 Å². The molecule has 0 fully saturated rings. The van der Waals surface area contributed by atoms with E-state index in [2.05, 4.69) is 9.97 Å². The molecule has 6 nitrogen and oxygen atoms in total. The number of aromatic hydroxyl groups is 1. The van der Waals surface area contributed by atoms with Crippen LogP contribution in [0.15, 0.2) is 30.6 Å². The van der Waals surface area contributed by atoms with Crippen molar-refractivity contribution in [2.24, 2.45) is 0 Å². The van der Waals surface area contributed by atoms with E-state index in [1.54, 1.807) is 23.2 Å². The summed E-state index contributed by atoms with van der Waals surface area (Å²) in [7, 11) is 3.73. The molecule has 0 radical (unpaired) electrons. The topological polar surface area (TPSA) is 69.6 Å². The Morgan fingerprint density at radius 1 is 1.27 bits per heavy atom. The van der Waals surface area contributed by atoms with Crippen LogP contribution in [0.2, 0.25) is 0 Å². The van der Waals surface area contributed by atoms with Gasteiger partial charge in [-0.15, -0.1) is 0 Å². The summed E-state index contributed by atoms with van der Waals surface area (Å²) in [6, 6.07) is 5.34. The van der Waals surface area contributed by atoms with E-state index in [1.807, 2.05) is 25.1 Å². The highest BCUT2D eigenvalue weighted by molar-refractivity contribution is 6.06. The number of benzene rings is 1. The molecule has 1 amide bonds. The maximum Gasteiger partial charge on any atom is 0.278 e. The standard InChI is InChI=1S/C16H18N4O2/c1-19(2)14-10-17-12(9-18-14)16(22)20-8-4-6-11-5-3-7-13(21)15(11)20/h3,5,7,9-10,21H,4,6,8H2,1-2H3. The molecular weight excluding hydrogens is 280 g/mol. The van der Waals surface area contributed by atoms with Gasteiger partial charge < -0.3 is 14.9 Å². The Balaban J connectivity index is 1.94. The number of fused-ring (bicyclic) bond motifs is 1. The first-order valence-electron chi connectivity index (χ1n) is 7.20. The quantitative estimate of drug-likeness (QED) is 0.916. The summed E-state index contributed by atoms with van der Waals surface area (Å²) in [6.45, 7) is 0.570. The van der Waals surface area contributed by atoms with Gasteiger partial charge in [-0.3, -0.25) is 4.79 Å². The van der Waals surface area contributed by atoms with Gasteiger partial charge >= 0.3 is 0 Å². The van der Waals surface area contributed by atoms with Crippen LogP contribution in [0.25, 0.3) is 0 Å². The largest absolute Gasteiger partial charge is 0.506 e. The predicted octanol–water partition coefficient (Wildman–Crippen LogP) is 1.84. The van der Waals surface area contributed by atoms with E-state index >= 15 is 0 Å². The Kier molecular flexibility index (Phi) is 3.66. The maximum atomic E-state index is 12.7. The number of phenolic OH excluding ortho intramolecular Hbond substituents is 1. The molecule has 1 N–H and O–H groups in total. The molecule has 0 saturated heterocycles. The number of hydrogen-bond donors (Lipinski definition) is 1. The van der Waals surface area contributed by atoms with Gasteiger partial charge in [0.1, 0.15) is 17.3 Å². The van der Waals surface area contributed by atoms with Crippen LogP contribution in [0, 0.1) is 0 Å². The van der Waals surface area contributed by atoms with Crippen molar-refractivity contribution in [2.45, 2.75) is 12.8 Å². The number of anilines is 2. The average molecular weight is 298 g/mol.